The minimum atomic E-state index is -0.849. The van der Waals surface area contributed by atoms with Gasteiger partial charge in [0, 0.05) is 17.0 Å². The van der Waals surface area contributed by atoms with Crippen molar-refractivity contribution in [2.45, 2.75) is 18.6 Å². The van der Waals surface area contributed by atoms with Crippen molar-refractivity contribution in [3.8, 4) is 5.75 Å². The average Bonchev–Trinajstić information content (AvgIpc) is 2.43. The molecule has 0 spiro atoms. The molecule has 5 heteroatoms. The van der Waals surface area contributed by atoms with Crippen LogP contribution in [0.1, 0.15) is 17.2 Å². The van der Waals surface area contributed by atoms with Gasteiger partial charge in [0.15, 0.2) is 0 Å². The highest BCUT2D eigenvalue weighted by atomic mass is 35.5. The number of aliphatic hydroxyl groups is 1. The monoisotopic (exact) mass is 311 g/mol. The van der Waals surface area contributed by atoms with Crippen LogP contribution in [0.15, 0.2) is 42.5 Å². The lowest BCUT2D eigenvalue weighted by molar-refractivity contribution is 0.144. The van der Waals surface area contributed by atoms with Gasteiger partial charge in [-0.2, -0.15) is 0 Å². The number of halogens is 2. The molecule has 0 saturated carbocycles. The normalized spacial score (nSPS) is 14.0. The van der Waals surface area contributed by atoms with Crippen molar-refractivity contribution in [1.29, 1.82) is 0 Å². The lowest BCUT2D eigenvalue weighted by atomic mass is 9.96. The molecule has 3 nitrogen and oxygen atoms in total. The smallest absolute Gasteiger partial charge is 0.139 e. The van der Waals surface area contributed by atoms with Crippen LogP contribution in [0.3, 0.4) is 0 Å². The molecule has 4 N–H and O–H groups in total. The Balaban J connectivity index is 2.21. The van der Waals surface area contributed by atoms with Crippen molar-refractivity contribution >= 4 is 23.2 Å². The van der Waals surface area contributed by atoms with E-state index in [0.717, 1.165) is 5.56 Å². The summed E-state index contributed by atoms with van der Waals surface area (Å²) >= 11 is 11.8. The van der Waals surface area contributed by atoms with Gasteiger partial charge in [-0.15, -0.1) is 0 Å². The second-order valence-corrected chi connectivity index (χ2v) is 5.45. The van der Waals surface area contributed by atoms with Gasteiger partial charge in [0.1, 0.15) is 5.75 Å². The highest BCUT2D eigenvalue weighted by Crippen LogP contribution is 2.35. The molecule has 0 unspecified atom stereocenters. The summed E-state index contributed by atoms with van der Waals surface area (Å²) in [7, 11) is 0. The molecule has 2 aromatic carbocycles. The van der Waals surface area contributed by atoms with E-state index in [4.69, 9.17) is 28.9 Å². The van der Waals surface area contributed by atoms with Crippen LogP contribution >= 0.6 is 23.2 Å². The number of aromatic hydroxyl groups is 1. The predicted octanol–water partition coefficient (Wildman–Crippen LogP) is 3.30. The van der Waals surface area contributed by atoms with E-state index in [2.05, 4.69) is 0 Å². The molecule has 2 atom stereocenters. The first kappa shape index (κ1) is 15.1. The number of benzene rings is 2. The Morgan fingerprint density at radius 1 is 1.10 bits per heavy atom. The standard InChI is InChI=1S/C15H15Cl2NO2/c16-10-7-11(15(20)12(17)8-10)14(18)13(19)6-9-4-2-1-3-5-9/h1-5,7-8,13-14,19-20H,6,18H2/t13-,14+/m1/s1. The summed E-state index contributed by atoms with van der Waals surface area (Å²) in [6, 6.07) is 11.7. The van der Waals surface area contributed by atoms with Gasteiger partial charge in [-0.1, -0.05) is 53.5 Å². The van der Waals surface area contributed by atoms with Gasteiger partial charge in [-0.3, -0.25) is 0 Å². The van der Waals surface area contributed by atoms with Crippen LogP contribution in [-0.4, -0.2) is 16.3 Å². The van der Waals surface area contributed by atoms with Crippen molar-refractivity contribution in [3.05, 3.63) is 63.6 Å². The molecule has 0 radical (unpaired) electrons. The number of rotatable bonds is 4. The van der Waals surface area contributed by atoms with Crippen LogP contribution in [0.5, 0.6) is 5.75 Å². The zero-order valence-electron chi connectivity index (χ0n) is 10.6. The van der Waals surface area contributed by atoms with Crippen molar-refractivity contribution in [3.63, 3.8) is 0 Å². The van der Waals surface area contributed by atoms with E-state index >= 15 is 0 Å². The zero-order chi connectivity index (χ0) is 14.7. The minimum Gasteiger partial charge on any atom is -0.506 e. The third-order valence-corrected chi connectivity index (χ3v) is 3.63. The van der Waals surface area contributed by atoms with Crippen molar-refractivity contribution in [1.82, 2.24) is 0 Å². The Morgan fingerprint density at radius 2 is 1.75 bits per heavy atom. The van der Waals surface area contributed by atoms with Crippen molar-refractivity contribution in [2.75, 3.05) is 0 Å². The Kier molecular flexibility index (Phi) is 4.89. The summed E-state index contributed by atoms with van der Waals surface area (Å²) in [6.07, 6.45) is -0.469. The molecular formula is C15H15Cl2NO2. The lowest BCUT2D eigenvalue weighted by Crippen LogP contribution is -2.28. The van der Waals surface area contributed by atoms with Crippen LogP contribution < -0.4 is 5.73 Å². The lowest BCUT2D eigenvalue weighted by Gasteiger charge is -2.21. The topological polar surface area (TPSA) is 66.5 Å². The number of hydrogen-bond acceptors (Lipinski definition) is 3. The van der Waals surface area contributed by atoms with Crippen molar-refractivity contribution in [2.24, 2.45) is 5.73 Å². The summed E-state index contributed by atoms with van der Waals surface area (Å²) in [5.74, 6) is -0.143. The number of nitrogens with two attached hydrogens (primary N) is 1. The Morgan fingerprint density at radius 3 is 2.40 bits per heavy atom. The zero-order valence-corrected chi connectivity index (χ0v) is 12.1. The van der Waals surface area contributed by atoms with E-state index in [1.54, 1.807) is 0 Å². The van der Waals surface area contributed by atoms with Gasteiger partial charge in [0.2, 0.25) is 0 Å². The predicted molar refractivity (Wildman–Crippen MR) is 81.2 cm³/mol. The molecule has 2 aromatic rings. The molecule has 0 bridgehead atoms. The van der Waals surface area contributed by atoms with Gasteiger partial charge >= 0.3 is 0 Å². The summed E-state index contributed by atoms with van der Waals surface area (Å²) < 4.78 is 0. The maximum Gasteiger partial charge on any atom is 0.139 e. The van der Waals surface area contributed by atoms with E-state index < -0.39 is 12.1 Å². The Bertz CT molecular complexity index is 590. The van der Waals surface area contributed by atoms with Gasteiger partial charge < -0.3 is 15.9 Å². The second kappa shape index (κ2) is 6.46. The first-order valence-electron chi connectivity index (χ1n) is 6.14. The third kappa shape index (κ3) is 3.44. The van der Waals surface area contributed by atoms with E-state index in [-0.39, 0.29) is 10.8 Å². The second-order valence-electron chi connectivity index (χ2n) is 4.61. The molecule has 0 amide bonds. The maximum absolute atomic E-state index is 10.2. The SMILES string of the molecule is N[C@@H](c1cc(Cl)cc(Cl)c1O)[C@H](O)Cc1ccccc1. The van der Waals surface area contributed by atoms with Gasteiger partial charge in [-0.05, 0) is 17.7 Å². The molecule has 0 aliphatic heterocycles. The molecular weight excluding hydrogens is 297 g/mol. The molecule has 106 valence electrons. The molecule has 20 heavy (non-hydrogen) atoms. The summed E-state index contributed by atoms with van der Waals surface area (Å²) in [5.41, 5.74) is 7.30. The van der Waals surface area contributed by atoms with Crippen LogP contribution in [-0.2, 0) is 6.42 Å². The fourth-order valence-electron chi connectivity index (χ4n) is 2.03. The third-order valence-electron chi connectivity index (χ3n) is 3.12. The number of aliphatic hydroxyl groups excluding tert-OH is 1. The summed E-state index contributed by atoms with van der Waals surface area (Å²) in [4.78, 5) is 0. The van der Waals surface area contributed by atoms with Gasteiger partial charge in [0.05, 0.1) is 17.2 Å². The van der Waals surface area contributed by atoms with E-state index in [1.165, 1.54) is 12.1 Å². The van der Waals surface area contributed by atoms with Gasteiger partial charge in [0.25, 0.3) is 0 Å². The largest absolute Gasteiger partial charge is 0.506 e. The first-order valence-corrected chi connectivity index (χ1v) is 6.90. The van der Waals surface area contributed by atoms with Crippen LogP contribution in [0.4, 0.5) is 0 Å². The first-order chi connectivity index (χ1) is 9.49. The molecule has 0 aliphatic carbocycles. The van der Waals surface area contributed by atoms with Crippen LogP contribution in [0, 0.1) is 0 Å². The Hall–Kier alpha value is -1.26. The van der Waals surface area contributed by atoms with Crippen LogP contribution in [0.2, 0.25) is 10.0 Å². The summed E-state index contributed by atoms with van der Waals surface area (Å²) in [6.45, 7) is 0. The van der Waals surface area contributed by atoms with E-state index in [9.17, 15) is 10.2 Å². The number of phenolic OH excluding ortho intramolecular Hbond substituents is 1. The quantitative estimate of drug-likeness (QED) is 0.811. The molecule has 0 saturated heterocycles. The molecule has 0 aromatic heterocycles. The molecule has 0 fully saturated rings. The highest BCUT2D eigenvalue weighted by Gasteiger charge is 2.22. The van der Waals surface area contributed by atoms with Crippen LogP contribution in [0.25, 0.3) is 0 Å². The fourth-order valence-corrected chi connectivity index (χ4v) is 2.54. The molecule has 0 aliphatic rings. The van der Waals surface area contributed by atoms with E-state index in [1.807, 2.05) is 30.3 Å². The summed E-state index contributed by atoms with van der Waals surface area (Å²) in [5, 5.41) is 20.6. The minimum absolute atomic E-state index is 0.120. The average molecular weight is 312 g/mol. The highest BCUT2D eigenvalue weighted by molar-refractivity contribution is 6.35. The van der Waals surface area contributed by atoms with E-state index in [0.29, 0.717) is 17.0 Å². The Labute approximate surface area is 127 Å². The van der Waals surface area contributed by atoms with Crippen molar-refractivity contribution < 1.29 is 10.2 Å². The van der Waals surface area contributed by atoms with Gasteiger partial charge in [-0.25, -0.2) is 0 Å². The maximum atomic E-state index is 10.2. The number of hydrogen-bond donors (Lipinski definition) is 3. The fraction of sp³-hybridized carbons (Fsp3) is 0.200. The number of phenols is 1. The molecule has 2 rings (SSSR count). The molecule has 0 heterocycles.